The van der Waals surface area contributed by atoms with E-state index in [0.29, 0.717) is 0 Å². The van der Waals surface area contributed by atoms with Gasteiger partial charge in [0.25, 0.3) is 5.66 Å². The number of nitrogens with two attached hydrogens (primary N) is 2. The van der Waals surface area contributed by atoms with Crippen LogP contribution in [-0.4, -0.2) is 87.2 Å². The summed E-state index contributed by atoms with van der Waals surface area (Å²) < 4.78 is 358. The van der Waals surface area contributed by atoms with Crippen LogP contribution < -0.4 is 22.3 Å². The first kappa shape index (κ1) is 41.6. The van der Waals surface area contributed by atoms with Gasteiger partial charge in [0, 0.05) is 0 Å². The maximum atomic E-state index is 15.2. The summed E-state index contributed by atoms with van der Waals surface area (Å²) in [5.41, 5.74) is -0.947. The van der Waals surface area contributed by atoms with Crippen LogP contribution in [0.2, 0.25) is 0 Å². The molecule has 0 aliphatic carbocycles. The van der Waals surface area contributed by atoms with E-state index in [2.05, 4.69) is 9.97 Å². The fraction of sp³-hybridized carbons (Fsp3) is 0.765. The number of nitrogen functional groups attached to an aromatic ring is 2. The summed E-state index contributed by atoms with van der Waals surface area (Å²) in [6.45, 7) is 0. The largest absolute Gasteiger partial charge is 0.460 e. The first-order valence-electron chi connectivity index (χ1n) is 10.8. The van der Waals surface area contributed by atoms with Crippen molar-refractivity contribution in [1.29, 1.82) is 0 Å². The molecule has 32 heteroatoms. The maximum absolute atomic E-state index is 15.2. The molecular formula is C17H4F26N6. The summed E-state index contributed by atoms with van der Waals surface area (Å²) >= 11 is 0. The number of nitrogens with zero attached hydrogens (tertiary/aromatic N) is 4. The summed E-state index contributed by atoms with van der Waals surface area (Å²) in [7, 11) is 0. The van der Waals surface area contributed by atoms with Gasteiger partial charge in [-0.25, -0.2) is 9.98 Å². The average molecular weight is 786 g/mol. The molecule has 6 nitrogen and oxygen atoms in total. The summed E-state index contributed by atoms with van der Waals surface area (Å²) in [5.74, 6) is -94.4. The SMILES string of the molecule is Nc1nc(N)c2c(n1)=NC(C(F)(F)C(F)(F)C(F)(F)C(F)(F)C(F)(F)C(F)(F)F)(C(F)(F)C(F)(F)C(F)(F)C(F)(F)C(F)(F)C(F)(F)F)N=2. The van der Waals surface area contributed by atoms with E-state index in [9.17, 15) is 96.6 Å². The minimum absolute atomic E-state index is 1.28. The highest BCUT2D eigenvalue weighted by Gasteiger charge is 2.99. The lowest BCUT2D eigenvalue weighted by molar-refractivity contribution is -0.463. The minimum atomic E-state index is -9.30. The van der Waals surface area contributed by atoms with Crippen molar-refractivity contribution in [2.45, 2.75) is 77.2 Å². The number of halogens is 26. The normalized spacial score (nSPS) is 17.8. The Bertz CT molecular complexity index is 1510. The van der Waals surface area contributed by atoms with Gasteiger partial charge >= 0.3 is 71.6 Å². The van der Waals surface area contributed by atoms with Gasteiger partial charge < -0.3 is 11.5 Å². The zero-order chi connectivity index (χ0) is 39.6. The van der Waals surface area contributed by atoms with Crippen LogP contribution >= 0.6 is 0 Å². The third kappa shape index (κ3) is 4.71. The number of hydrogen-bond donors (Lipinski definition) is 2. The molecule has 284 valence electrons. The second-order valence-corrected chi connectivity index (χ2v) is 9.27. The van der Waals surface area contributed by atoms with Crippen LogP contribution in [0.4, 0.5) is 126 Å². The van der Waals surface area contributed by atoms with Crippen LogP contribution in [-0.2, 0) is 0 Å². The highest BCUT2D eigenvalue weighted by Crippen LogP contribution is 2.68. The summed E-state index contributed by atoms with van der Waals surface area (Å²) in [6, 6.07) is 0. The third-order valence-electron chi connectivity index (χ3n) is 6.19. The number of hydrogen-bond acceptors (Lipinski definition) is 6. The monoisotopic (exact) mass is 786 g/mol. The summed E-state index contributed by atoms with van der Waals surface area (Å²) in [5, 5.41) is -2.59. The van der Waals surface area contributed by atoms with Gasteiger partial charge in [-0.3, -0.25) is 0 Å². The lowest BCUT2D eigenvalue weighted by Crippen LogP contribution is -2.79. The van der Waals surface area contributed by atoms with Gasteiger partial charge in [0.1, 0.15) is 5.36 Å². The van der Waals surface area contributed by atoms with Crippen LogP contribution in [0.5, 0.6) is 0 Å². The molecule has 0 saturated carbocycles. The lowest BCUT2D eigenvalue weighted by atomic mass is 9.80. The quantitative estimate of drug-likeness (QED) is 0.282. The second-order valence-electron chi connectivity index (χ2n) is 9.27. The van der Waals surface area contributed by atoms with E-state index in [-0.39, 0.29) is 0 Å². The Morgan fingerprint density at radius 3 is 0.939 bits per heavy atom. The van der Waals surface area contributed by atoms with E-state index < -0.39 is 99.9 Å². The van der Waals surface area contributed by atoms with Crippen LogP contribution in [0.15, 0.2) is 9.98 Å². The summed E-state index contributed by atoms with van der Waals surface area (Å²) in [4.78, 5) is 7.45. The Labute approximate surface area is 246 Å². The molecule has 49 heavy (non-hydrogen) atoms. The number of rotatable bonds is 10. The van der Waals surface area contributed by atoms with Crippen LogP contribution in [0.1, 0.15) is 0 Å². The maximum Gasteiger partial charge on any atom is 0.460 e. The highest BCUT2D eigenvalue weighted by molar-refractivity contribution is 5.35. The van der Waals surface area contributed by atoms with E-state index in [0.717, 1.165) is 0 Å². The lowest BCUT2D eigenvalue weighted by Gasteiger charge is -2.48. The average Bonchev–Trinajstić information content (AvgIpc) is 3.28. The van der Waals surface area contributed by atoms with Gasteiger partial charge in [-0.15, -0.1) is 0 Å². The Morgan fingerprint density at radius 1 is 0.367 bits per heavy atom. The molecule has 0 radical (unpaired) electrons. The van der Waals surface area contributed by atoms with Crippen LogP contribution in [0, 0.1) is 0 Å². The van der Waals surface area contributed by atoms with Gasteiger partial charge in [0.15, 0.2) is 11.3 Å². The highest BCUT2D eigenvalue weighted by atomic mass is 19.4. The molecule has 0 fully saturated rings. The fourth-order valence-electron chi connectivity index (χ4n) is 3.46. The molecule has 1 aliphatic heterocycles. The van der Waals surface area contributed by atoms with E-state index in [1.807, 2.05) is 0 Å². The molecule has 2 rings (SSSR count). The Balaban J connectivity index is 3.20. The first-order chi connectivity index (χ1) is 21.0. The number of fused-ring (bicyclic) bond motifs is 1. The third-order valence-corrected chi connectivity index (χ3v) is 6.19. The first-order valence-corrected chi connectivity index (χ1v) is 10.8. The van der Waals surface area contributed by atoms with Crippen molar-refractivity contribution in [1.82, 2.24) is 9.97 Å². The summed E-state index contributed by atoms with van der Waals surface area (Å²) in [6.07, 6.45) is -16.4. The minimum Gasteiger partial charge on any atom is -0.382 e. The van der Waals surface area contributed by atoms with Gasteiger partial charge in [-0.1, -0.05) is 0 Å². The molecule has 0 atom stereocenters. The molecule has 0 aromatic carbocycles. The second kappa shape index (κ2) is 10.3. The zero-order valence-electron chi connectivity index (χ0n) is 21.3. The zero-order valence-corrected chi connectivity index (χ0v) is 21.3. The Morgan fingerprint density at radius 2 is 0.653 bits per heavy atom. The van der Waals surface area contributed by atoms with E-state index in [4.69, 9.17) is 11.5 Å². The topological polar surface area (TPSA) is 103 Å². The smallest absolute Gasteiger partial charge is 0.382 e. The number of anilines is 2. The van der Waals surface area contributed by atoms with Gasteiger partial charge in [0.2, 0.25) is 5.95 Å². The van der Waals surface area contributed by atoms with E-state index >= 15 is 17.6 Å². The standard InChI is InChI=1S/C17H4F26N6/c18-5(19,9(26,27)13(34,35)16(38,39)40)7(22,23)11(30,31)15(48-1-2(44)46-4(45)47-3(1)49-15)12(32,33)8(24,25)6(20,21)10(28,29)14(36,37)17(41,42)43/h(H4,44,45,46,47,49). The fourth-order valence-corrected chi connectivity index (χ4v) is 3.46. The Kier molecular flexibility index (Phi) is 8.72. The van der Waals surface area contributed by atoms with Crippen LogP contribution in [0.25, 0.3) is 0 Å². The van der Waals surface area contributed by atoms with Crippen molar-refractivity contribution in [2.24, 2.45) is 9.98 Å². The Hall–Kier alpha value is -3.54. The van der Waals surface area contributed by atoms with Gasteiger partial charge in [0.05, 0.1) is 0 Å². The molecule has 0 bridgehead atoms. The number of aromatic nitrogens is 2. The van der Waals surface area contributed by atoms with E-state index in [1.165, 1.54) is 9.98 Å². The van der Waals surface area contributed by atoms with Crippen molar-refractivity contribution in [2.75, 3.05) is 11.5 Å². The molecule has 0 saturated heterocycles. The van der Waals surface area contributed by atoms with Gasteiger partial charge in [-0.2, -0.15) is 124 Å². The molecule has 0 spiro atoms. The van der Waals surface area contributed by atoms with Gasteiger partial charge in [-0.05, 0) is 0 Å². The molecule has 2 heterocycles. The number of alkyl halides is 26. The molecular weight excluding hydrogens is 782 g/mol. The van der Waals surface area contributed by atoms with Crippen molar-refractivity contribution in [3.05, 3.63) is 10.8 Å². The molecule has 4 N–H and O–H groups in total. The molecule has 1 aromatic heterocycles. The molecule has 1 aromatic rings. The van der Waals surface area contributed by atoms with Crippen molar-refractivity contribution in [3.8, 4) is 0 Å². The molecule has 0 unspecified atom stereocenters. The molecule has 1 aliphatic rings. The predicted octanol–water partition coefficient (Wildman–Crippen LogP) is 6.07. The molecule has 0 amide bonds. The van der Waals surface area contributed by atoms with Crippen LogP contribution in [0.3, 0.4) is 0 Å². The van der Waals surface area contributed by atoms with Crippen molar-refractivity contribution in [3.63, 3.8) is 0 Å². The van der Waals surface area contributed by atoms with E-state index in [1.54, 1.807) is 0 Å². The van der Waals surface area contributed by atoms with Crippen molar-refractivity contribution < 1.29 is 114 Å². The van der Waals surface area contributed by atoms with Crippen molar-refractivity contribution >= 4 is 11.8 Å². The predicted molar refractivity (Wildman–Crippen MR) is 97.5 cm³/mol.